The molecule has 1 N–H and O–H groups in total. The van der Waals surface area contributed by atoms with Gasteiger partial charge in [0.05, 0.1) is 0 Å². The normalized spacial score (nSPS) is 12.9. The lowest BCUT2D eigenvalue weighted by Crippen LogP contribution is -2.28. The summed E-state index contributed by atoms with van der Waals surface area (Å²) in [6.45, 7) is 2.47. The third kappa shape index (κ3) is 3.29. The van der Waals surface area contributed by atoms with Gasteiger partial charge in [0, 0.05) is 34.4 Å². The lowest BCUT2D eigenvalue weighted by Gasteiger charge is -2.18. The molecule has 5 heteroatoms. The molecule has 1 aliphatic heterocycles. The van der Waals surface area contributed by atoms with Gasteiger partial charge in [0.25, 0.3) is 5.91 Å². The van der Waals surface area contributed by atoms with Crippen molar-refractivity contribution in [1.29, 1.82) is 0 Å². The van der Waals surface area contributed by atoms with Crippen LogP contribution in [0.1, 0.15) is 29.3 Å². The summed E-state index contributed by atoms with van der Waals surface area (Å²) in [5.74, 6) is -0.107. The molecule has 0 radical (unpaired) electrons. The fourth-order valence-electron chi connectivity index (χ4n) is 2.72. The van der Waals surface area contributed by atoms with Gasteiger partial charge in [-0.1, -0.05) is 28.9 Å². The molecule has 0 bridgehead atoms. The topological polar surface area (TPSA) is 49.4 Å². The van der Waals surface area contributed by atoms with Crippen LogP contribution in [0.15, 0.2) is 46.9 Å². The lowest BCUT2D eigenvalue weighted by molar-refractivity contribution is -0.115. The first-order chi connectivity index (χ1) is 11.1. The summed E-state index contributed by atoms with van der Waals surface area (Å²) in [6.07, 6.45) is 1.26. The van der Waals surface area contributed by atoms with E-state index in [-0.39, 0.29) is 11.8 Å². The number of nitrogens with one attached hydrogen (secondary N) is 1. The minimum atomic E-state index is -0.0639. The number of amides is 2. The number of benzene rings is 2. The standard InChI is InChI=1S/C18H17BrN2O2/c1-2-17(22)20-15-5-3-4-13(11-15)18(23)21-9-8-12-10-14(19)6-7-16(12)21/h3-7,10-11H,2,8-9H2,1H3,(H,20,22). The smallest absolute Gasteiger partial charge is 0.258 e. The molecule has 1 heterocycles. The number of nitrogens with zero attached hydrogens (tertiary/aromatic N) is 1. The van der Waals surface area contributed by atoms with E-state index in [1.165, 1.54) is 5.56 Å². The van der Waals surface area contributed by atoms with E-state index in [1.807, 2.05) is 12.1 Å². The number of hydrogen-bond acceptors (Lipinski definition) is 2. The average Bonchev–Trinajstić information content (AvgIpc) is 2.97. The highest BCUT2D eigenvalue weighted by Crippen LogP contribution is 2.31. The SMILES string of the molecule is CCC(=O)Nc1cccc(C(=O)N2CCc3cc(Br)ccc32)c1. The van der Waals surface area contributed by atoms with Crippen molar-refractivity contribution >= 4 is 39.1 Å². The van der Waals surface area contributed by atoms with Gasteiger partial charge in [-0.3, -0.25) is 9.59 Å². The molecule has 2 aromatic rings. The third-order valence-corrected chi connectivity index (χ3v) is 4.39. The minimum Gasteiger partial charge on any atom is -0.326 e. The van der Waals surface area contributed by atoms with Crippen LogP contribution in [-0.2, 0) is 11.2 Å². The first-order valence-corrected chi connectivity index (χ1v) is 8.38. The molecule has 23 heavy (non-hydrogen) atoms. The molecule has 0 saturated carbocycles. The Morgan fingerprint density at radius 2 is 2.04 bits per heavy atom. The Hall–Kier alpha value is -2.14. The van der Waals surface area contributed by atoms with Gasteiger partial charge in [-0.2, -0.15) is 0 Å². The second-order valence-electron chi connectivity index (χ2n) is 5.46. The Morgan fingerprint density at radius 1 is 1.22 bits per heavy atom. The predicted molar refractivity (Wildman–Crippen MR) is 94.9 cm³/mol. The van der Waals surface area contributed by atoms with E-state index in [9.17, 15) is 9.59 Å². The van der Waals surface area contributed by atoms with E-state index in [4.69, 9.17) is 0 Å². The van der Waals surface area contributed by atoms with Crippen molar-refractivity contribution in [2.45, 2.75) is 19.8 Å². The number of rotatable bonds is 3. The van der Waals surface area contributed by atoms with Crippen LogP contribution in [0.2, 0.25) is 0 Å². The maximum absolute atomic E-state index is 12.8. The first-order valence-electron chi connectivity index (χ1n) is 7.58. The van der Waals surface area contributed by atoms with Gasteiger partial charge in [-0.05, 0) is 48.4 Å². The van der Waals surface area contributed by atoms with E-state index in [1.54, 1.807) is 36.1 Å². The van der Waals surface area contributed by atoms with Gasteiger partial charge in [0.15, 0.2) is 0 Å². The van der Waals surface area contributed by atoms with Crippen molar-refractivity contribution in [2.75, 3.05) is 16.8 Å². The van der Waals surface area contributed by atoms with Crippen LogP contribution in [-0.4, -0.2) is 18.4 Å². The van der Waals surface area contributed by atoms with E-state index >= 15 is 0 Å². The van der Waals surface area contributed by atoms with E-state index in [2.05, 4.69) is 27.3 Å². The molecule has 118 valence electrons. The van der Waals surface area contributed by atoms with Crippen LogP contribution < -0.4 is 10.2 Å². The Bertz CT molecular complexity index is 773. The second-order valence-corrected chi connectivity index (χ2v) is 6.38. The molecule has 0 unspecified atom stereocenters. The number of anilines is 2. The summed E-state index contributed by atoms with van der Waals surface area (Å²) in [4.78, 5) is 26.1. The lowest BCUT2D eigenvalue weighted by atomic mass is 10.1. The summed E-state index contributed by atoms with van der Waals surface area (Å²) < 4.78 is 1.02. The number of hydrogen-bond donors (Lipinski definition) is 1. The fourth-order valence-corrected chi connectivity index (χ4v) is 3.12. The Kier molecular flexibility index (Phi) is 4.48. The molecule has 0 aromatic heterocycles. The highest BCUT2D eigenvalue weighted by Gasteiger charge is 2.25. The molecular weight excluding hydrogens is 356 g/mol. The maximum atomic E-state index is 12.8. The number of carbonyl (C=O) groups is 2. The summed E-state index contributed by atoms with van der Waals surface area (Å²) in [5.41, 5.74) is 3.36. The van der Waals surface area contributed by atoms with Crippen molar-refractivity contribution in [3.63, 3.8) is 0 Å². The zero-order valence-electron chi connectivity index (χ0n) is 12.8. The third-order valence-electron chi connectivity index (χ3n) is 3.90. The van der Waals surface area contributed by atoms with Gasteiger partial charge in [0.1, 0.15) is 0 Å². The number of fused-ring (bicyclic) bond motifs is 1. The summed E-state index contributed by atoms with van der Waals surface area (Å²) in [5, 5.41) is 2.79. The van der Waals surface area contributed by atoms with Crippen LogP contribution in [0.25, 0.3) is 0 Å². The molecule has 0 fully saturated rings. The highest BCUT2D eigenvalue weighted by atomic mass is 79.9. The number of carbonyl (C=O) groups excluding carboxylic acids is 2. The fraction of sp³-hybridized carbons (Fsp3) is 0.222. The van der Waals surface area contributed by atoms with Crippen LogP contribution >= 0.6 is 15.9 Å². The zero-order valence-corrected chi connectivity index (χ0v) is 14.4. The zero-order chi connectivity index (χ0) is 16.4. The van der Waals surface area contributed by atoms with Gasteiger partial charge in [-0.25, -0.2) is 0 Å². The molecule has 2 amide bonds. The van der Waals surface area contributed by atoms with E-state index in [0.29, 0.717) is 24.2 Å². The molecule has 0 spiro atoms. The molecule has 1 aliphatic rings. The first kappa shape index (κ1) is 15.7. The Balaban J connectivity index is 1.85. The Labute approximate surface area is 143 Å². The van der Waals surface area contributed by atoms with Crippen molar-refractivity contribution in [3.8, 4) is 0 Å². The van der Waals surface area contributed by atoms with Crippen LogP contribution in [0.3, 0.4) is 0 Å². The van der Waals surface area contributed by atoms with E-state index < -0.39 is 0 Å². The van der Waals surface area contributed by atoms with Crippen LogP contribution in [0.4, 0.5) is 11.4 Å². The monoisotopic (exact) mass is 372 g/mol. The summed E-state index contributed by atoms with van der Waals surface area (Å²) in [7, 11) is 0. The van der Waals surface area contributed by atoms with Crippen molar-refractivity contribution in [2.24, 2.45) is 0 Å². The number of halogens is 1. The molecule has 0 saturated heterocycles. The highest BCUT2D eigenvalue weighted by molar-refractivity contribution is 9.10. The molecular formula is C18H17BrN2O2. The summed E-state index contributed by atoms with van der Waals surface area (Å²) in [6, 6.07) is 13.1. The average molecular weight is 373 g/mol. The van der Waals surface area contributed by atoms with Crippen LogP contribution in [0, 0.1) is 0 Å². The molecule has 3 rings (SSSR count). The van der Waals surface area contributed by atoms with Gasteiger partial charge in [-0.15, -0.1) is 0 Å². The molecule has 0 atom stereocenters. The quantitative estimate of drug-likeness (QED) is 0.884. The van der Waals surface area contributed by atoms with Crippen molar-refractivity contribution in [3.05, 3.63) is 58.1 Å². The largest absolute Gasteiger partial charge is 0.326 e. The minimum absolute atomic E-state index is 0.0429. The summed E-state index contributed by atoms with van der Waals surface area (Å²) >= 11 is 3.46. The predicted octanol–water partition coefficient (Wildman–Crippen LogP) is 4.00. The van der Waals surface area contributed by atoms with E-state index in [0.717, 1.165) is 16.6 Å². The van der Waals surface area contributed by atoms with Gasteiger partial charge < -0.3 is 10.2 Å². The molecule has 4 nitrogen and oxygen atoms in total. The second kappa shape index (κ2) is 6.54. The van der Waals surface area contributed by atoms with Gasteiger partial charge >= 0.3 is 0 Å². The van der Waals surface area contributed by atoms with Crippen molar-refractivity contribution in [1.82, 2.24) is 0 Å². The van der Waals surface area contributed by atoms with Crippen molar-refractivity contribution < 1.29 is 9.59 Å². The molecule has 0 aliphatic carbocycles. The van der Waals surface area contributed by atoms with Gasteiger partial charge in [0.2, 0.25) is 5.91 Å². The Morgan fingerprint density at radius 3 is 2.83 bits per heavy atom. The molecule has 2 aromatic carbocycles. The van der Waals surface area contributed by atoms with Crippen LogP contribution in [0.5, 0.6) is 0 Å². The maximum Gasteiger partial charge on any atom is 0.258 e.